The van der Waals surface area contributed by atoms with E-state index in [0.717, 1.165) is 204 Å². The van der Waals surface area contributed by atoms with Gasteiger partial charge in [-0.3, -0.25) is 0 Å². The standard InChI is InChI=1S/C63H36N4O2.C56H33N6O2/c1-3-14-37(15-4-1)61-64-62(38-16-5-2-6-17-38)66-63(65-61)40-26-29-45-46-30-28-41(36-53(46)44-19-8-7-18-43(44)52(45)35-40)67-55-24-11-9-20-47(55)54-34-39(27-33-56(54)67)42-22-13-23-49-51-32-31-50-48-21-10-12-25-57(48)68-59(50)60(51)69-58(42)49;1-3-14-33(15-4-1)53-58-54(34-16-5-2-6-17-34)60-55(59-53)43-22-11-20-39-40-21-12-26-48(51(40)63-50(39)43)62-46-25-10-8-19-37(46)44-32-35(27-30-47(44)62)61-31-13-23-42-41-29-28-38-36-18-7-9-24-45(36)57-49(38)52(41)64-56(42)61/h1-36H;1-32,57H/q;+1. The van der Waals surface area contributed by atoms with Crippen LogP contribution in [0.3, 0.4) is 0 Å². The molecule has 1 N–H and O–H groups in total. The molecule has 14 heteroatoms. The van der Waals surface area contributed by atoms with Crippen LogP contribution in [0.2, 0.25) is 0 Å². The smallest absolute Gasteiger partial charge is 0.387 e. The van der Waals surface area contributed by atoms with Gasteiger partial charge >= 0.3 is 5.71 Å². The number of H-pyrrole nitrogens is 1. The zero-order chi connectivity index (χ0) is 87.0. The first-order valence-electron chi connectivity index (χ1n) is 44.6. The van der Waals surface area contributed by atoms with Gasteiger partial charge in [-0.25, -0.2) is 29.9 Å². The molecule has 0 aliphatic heterocycles. The molecule has 29 rings (SSSR count). The van der Waals surface area contributed by atoms with Crippen molar-refractivity contribution in [2.45, 2.75) is 0 Å². The Hall–Kier alpha value is -18.3. The van der Waals surface area contributed by atoms with Gasteiger partial charge in [0.15, 0.2) is 63.5 Å². The lowest BCUT2D eigenvalue weighted by atomic mass is 9.93. The second kappa shape index (κ2) is 29.1. The van der Waals surface area contributed by atoms with E-state index >= 15 is 0 Å². The van der Waals surface area contributed by atoms with Crippen molar-refractivity contribution in [1.82, 2.24) is 44.0 Å². The molecule has 0 fully saturated rings. The maximum atomic E-state index is 7.06. The number of para-hydroxylation sites is 7. The van der Waals surface area contributed by atoms with E-state index < -0.39 is 0 Å². The van der Waals surface area contributed by atoms with Gasteiger partial charge in [-0.2, -0.15) is 0 Å². The highest BCUT2D eigenvalue weighted by Gasteiger charge is 2.29. The van der Waals surface area contributed by atoms with Crippen molar-refractivity contribution in [3.05, 3.63) is 413 Å². The molecule has 0 aliphatic rings. The fourth-order valence-electron chi connectivity index (χ4n) is 20.6. The van der Waals surface area contributed by atoms with Crippen molar-refractivity contribution >= 4 is 186 Å². The minimum atomic E-state index is 0.547. The Morgan fingerprint density at radius 1 is 0.218 bits per heavy atom. The van der Waals surface area contributed by atoms with Crippen LogP contribution in [0.15, 0.2) is 430 Å². The second-order valence-electron chi connectivity index (χ2n) is 34.1. The first kappa shape index (κ1) is 73.9. The highest BCUT2D eigenvalue weighted by atomic mass is 16.4. The molecule has 0 unspecified atom stereocenters. The lowest BCUT2D eigenvalue weighted by Gasteiger charge is -2.15. The molecule has 0 bridgehead atoms. The van der Waals surface area contributed by atoms with E-state index in [9.17, 15) is 0 Å². The van der Waals surface area contributed by atoms with Crippen LogP contribution in [0.1, 0.15) is 0 Å². The van der Waals surface area contributed by atoms with Gasteiger partial charge < -0.3 is 31.8 Å². The number of nitrogens with zero attached hydrogens (tertiary/aromatic N) is 9. The number of benzene rings is 19. The molecule has 0 spiro atoms. The molecule has 10 aromatic heterocycles. The Labute approximate surface area is 756 Å². The molecule has 0 saturated carbocycles. The SMILES string of the molecule is c1ccc(-c2nc(-c3ccccc3)nc(-c3ccc4c5ccc(-n6c7ccccc7c7cc(-c8cccc9c8oc8c9ccc9c%10ccccc%10oc98)ccc76)cc5c5ccccc5c4c3)n2)cc1.c1ccc(-c2nc(-c3ccccc3)nc(-c3cccc4c3oc3c(-n5c6ccccc6c6cc(-[n+]7cccc8c9ccc%10c%11ccccc%11[nH]c%10c9oc87)ccc65)cccc34)n2)cc1. The normalized spacial score (nSPS) is 12.1. The van der Waals surface area contributed by atoms with E-state index in [2.05, 4.69) is 286 Å². The van der Waals surface area contributed by atoms with Crippen molar-refractivity contribution < 1.29 is 22.2 Å². The average molecular weight is 1700 g/mol. The molecule has 0 aliphatic carbocycles. The number of nitrogens with one attached hydrogen (secondary N) is 1. The van der Waals surface area contributed by atoms with Crippen molar-refractivity contribution in [3.8, 4) is 96.5 Å². The van der Waals surface area contributed by atoms with E-state index in [1.54, 1.807) is 0 Å². The van der Waals surface area contributed by atoms with Gasteiger partial charge in [0.2, 0.25) is 5.69 Å². The fraction of sp³-hybridized carbons (Fsp3) is 0. The van der Waals surface area contributed by atoms with E-state index in [0.29, 0.717) is 34.9 Å². The Morgan fingerprint density at radius 2 is 0.639 bits per heavy atom. The lowest BCUT2D eigenvalue weighted by Crippen LogP contribution is -2.30. The predicted octanol–water partition coefficient (Wildman–Crippen LogP) is 30.6. The molecular weight excluding hydrogens is 1630 g/mol. The van der Waals surface area contributed by atoms with Gasteiger partial charge in [0.1, 0.15) is 16.7 Å². The molecule has 0 atom stereocenters. The first-order chi connectivity index (χ1) is 65.9. The largest absolute Gasteiger partial charge is 0.453 e. The van der Waals surface area contributed by atoms with Crippen LogP contribution in [0.5, 0.6) is 0 Å². The third kappa shape index (κ3) is 11.5. The summed E-state index contributed by atoms with van der Waals surface area (Å²) in [5, 5.41) is 22.4. The summed E-state index contributed by atoms with van der Waals surface area (Å²) in [6, 6.07) is 142. The summed E-state index contributed by atoms with van der Waals surface area (Å²) in [6.07, 6.45) is 2.08. The predicted molar refractivity (Wildman–Crippen MR) is 539 cm³/mol. The van der Waals surface area contributed by atoms with Crippen molar-refractivity contribution in [2.24, 2.45) is 0 Å². The summed E-state index contributed by atoms with van der Waals surface area (Å²) in [4.78, 5) is 33.8. The quantitative estimate of drug-likeness (QED) is 0.103. The van der Waals surface area contributed by atoms with Crippen LogP contribution in [0.25, 0.3) is 282 Å². The van der Waals surface area contributed by atoms with E-state index in [1.807, 2.05) is 146 Å². The molecule has 0 saturated heterocycles. The molecule has 29 aromatic rings. The minimum absolute atomic E-state index is 0.547. The Kier molecular flexibility index (Phi) is 16.2. The first-order valence-corrected chi connectivity index (χ1v) is 44.6. The highest BCUT2D eigenvalue weighted by molar-refractivity contribution is 6.27. The number of furan rings is 4. The van der Waals surface area contributed by atoms with Crippen molar-refractivity contribution in [2.75, 3.05) is 0 Å². The molecular formula is C119H69N10O4+. The number of aromatic nitrogens is 10. The van der Waals surface area contributed by atoms with E-state index in [1.165, 1.54) is 43.1 Å². The molecule has 618 valence electrons. The maximum Gasteiger partial charge on any atom is 0.387 e. The van der Waals surface area contributed by atoms with Crippen molar-refractivity contribution in [3.63, 3.8) is 0 Å². The Bertz CT molecular complexity index is 9800. The van der Waals surface area contributed by atoms with Gasteiger partial charge in [-0.05, 0) is 135 Å². The summed E-state index contributed by atoms with van der Waals surface area (Å²) >= 11 is 0. The van der Waals surface area contributed by atoms with Gasteiger partial charge in [-0.15, -0.1) is 4.57 Å². The number of pyridine rings is 1. The number of hydrogen-bond donors (Lipinski definition) is 1. The highest BCUT2D eigenvalue weighted by Crippen LogP contribution is 2.48. The van der Waals surface area contributed by atoms with Crippen LogP contribution in [-0.4, -0.2) is 44.0 Å². The summed E-state index contributed by atoms with van der Waals surface area (Å²) < 4.78 is 34.0. The summed E-state index contributed by atoms with van der Waals surface area (Å²) in [5.41, 5.74) is 23.6. The topological polar surface area (TPSA) is 159 Å². The van der Waals surface area contributed by atoms with Crippen LogP contribution in [-0.2, 0) is 0 Å². The molecule has 10 heterocycles. The van der Waals surface area contributed by atoms with Gasteiger partial charge in [0.25, 0.3) is 0 Å². The number of fused-ring (bicyclic) bond motifs is 29. The fourth-order valence-corrected chi connectivity index (χ4v) is 20.6. The third-order valence-electron chi connectivity index (χ3n) is 26.7. The average Bonchev–Trinajstić information content (AvgIpc) is 1.65. The second-order valence-corrected chi connectivity index (χ2v) is 34.1. The molecule has 14 nitrogen and oxygen atoms in total. The number of hydrogen-bond acceptors (Lipinski definition) is 10. The molecule has 0 amide bonds. The van der Waals surface area contributed by atoms with Crippen molar-refractivity contribution in [1.29, 1.82) is 0 Å². The Balaban J connectivity index is 0.000000133. The third-order valence-corrected chi connectivity index (χ3v) is 26.7. The van der Waals surface area contributed by atoms with Crippen LogP contribution in [0.4, 0.5) is 0 Å². The van der Waals surface area contributed by atoms with Crippen LogP contribution < -0.4 is 4.57 Å². The van der Waals surface area contributed by atoms with Gasteiger partial charge in [0.05, 0.1) is 44.2 Å². The minimum Gasteiger partial charge on any atom is -0.453 e. The summed E-state index contributed by atoms with van der Waals surface area (Å²) in [5.74, 6) is 3.67. The van der Waals surface area contributed by atoms with Gasteiger partial charge in [-0.1, -0.05) is 291 Å². The van der Waals surface area contributed by atoms with E-state index in [4.69, 9.17) is 47.6 Å². The molecule has 0 radical (unpaired) electrons. The van der Waals surface area contributed by atoms with Gasteiger partial charge in [0, 0.05) is 133 Å². The zero-order valence-electron chi connectivity index (χ0n) is 70.9. The Morgan fingerprint density at radius 3 is 1.30 bits per heavy atom. The zero-order valence-corrected chi connectivity index (χ0v) is 70.9. The lowest BCUT2D eigenvalue weighted by molar-refractivity contribution is -0.574. The monoisotopic (exact) mass is 1700 g/mol. The summed E-state index contributed by atoms with van der Waals surface area (Å²) in [6.45, 7) is 0. The van der Waals surface area contributed by atoms with Crippen LogP contribution in [0, 0.1) is 0 Å². The number of rotatable bonds is 10. The number of aromatic amines is 1. The van der Waals surface area contributed by atoms with Crippen LogP contribution >= 0.6 is 0 Å². The summed E-state index contributed by atoms with van der Waals surface area (Å²) in [7, 11) is 0. The molecule has 19 aromatic carbocycles. The molecule has 133 heavy (non-hydrogen) atoms. The maximum absolute atomic E-state index is 7.06. The van der Waals surface area contributed by atoms with E-state index in [-0.39, 0.29) is 0 Å².